The summed E-state index contributed by atoms with van der Waals surface area (Å²) in [6, 6.07) is 0. The summed E-state index contributed by atoms with van der Waals surface area (Å²) in [6.45, 7) is 16.8. The smallest absolute Gasteiger partial charge is 0.311 e. The van der Waals surface area contributed by atoms with Gasteiger partial charge >= 0.3 is 5.97 Å². The fourth-order valence-electron chi connectivity index (χ4n) is 10.3. The summed E-state index contributed by atoms with van der Waals surface area (Å²) in [6.07, 6.45) is 1.60. The van der Waals surface area contributed by atoms with E-state index in [0.717, 1.165) is 44.9 Å². The molecular formula is C35H54O8. The number of allylic oxidation sites excluding steroid dienone is 2. The molecule has 242 valence electrons. The van der Waals surface area contributed by atoms with Gasteiger partial charge < -0.3 is 29.9 Å². The quantitative estimate of drug-likeness (QED) is 0.245. The van der Waals surface area contributed by atoms with Crippen LogP contribution in [0.25, 0.3) is 0 Å². The topological polar surface area (TPSA) is 134 Å². The number of carbonyl (C=O) groups is 2. The average molecular weight is 603 g/mol. The SMILES string of the molecule is C=C(C)C(O)CCC(C(=O)OC1OCC(O)C(O)C1O)C1CCC2(C)C3=C(CCC12C)C1(C)CCC(=O)C(C)(C)C1CC3. The molecule has 43 heavy (non-hydrogen) atoms. The molecule has 5 aliphatic rings. The van der Waals surface area contributed by atoms with Gasteiger partial charge in [-0.3, -0.25) is 9.59 Å². The van der Waals surface area contributed by atoms with Gasteiger partial charge in [0.05, 0.1) is 18.6 Å². The van der Waals surface area contributed by atoms with Gasteiger partial charge in [-0.25, -0.2) is 0 Å². The van der Waals surface area contributed by atoms with E-state index in [0.29, 0.717) is 36.5 Å². The molecule has 0 radical (unpaired) electrons. The molecule has 0 spiro atoms. The first-order valence-electron chi connectivity index (χ1n) is 16.4. The number of rotatable bonds is 7. The van der Waals surface area contributed by atoms with Crippen LogP contribution in [0.15, 0.2) is 23.3 Å². The second-order valence-electron chi connectivity index (χ2n) is 15.7. The highest BCUT2D eigenvalue weighted by molar-refractivity contribution is 5.85. The molecule has 4 N–H and O–H groups in total. The predicted molar refractivity (Wildman–Crippen MR) is 161 cm³/mol. The molecule has 8 heteroatoms. The highest BCUT2D eigenvalue weighted by Gasteiger charge is 2.64. The highest BCUT2D eigenvalue weighted by atomic mass is 16.7. The maximum Gasteiger partial charge on any atom is 0.311 e. The van der Waals surface area contributed by atoms with E-state index in [1.54, 1.807) is 18.1 Å². The van der Waals surface area contributed by atoms with Crippen LogP contribution >= 0.6 is 0 Å². The fraction of sp³-hybridized carbons (Fsp3) is 0.829. The van der Waals surface area contributed by atoms with E-state index in [1.165, 1.54) is 0 Å². The van der Waals surface area contributed by atoms with Crippen molar-refractivity contribution in [3.8, 4) is 0 Å². The normalized spacial score (nSPS) is 43.7. The molecule has 0 bridgehead atoms. The number of esters is 1. The number of aliphatic hydroxyl groups is 4. The van der Waals surface area contributed by atoms with E-state index in [-0.39, 0.29) is 34.2 Å². The molecule has 1 aliphatic heterocycles. The minimum Gasteiger partial charge on any atom is -0.433 e. The molecule has 0 aromatic rings. The Kier molecular flexibility index (Phi) is 8.65. The fourth-order valence-corrected chi connectivity index (χ4v) is 10.3. The molecular weight excluding hydrogens is 548 g/mol. The second kappa shape index (κ2) is 11.3. The summed E-state index contributed by atoms with van der Waals surface area (Å²) in [5, 5.41) is 41.1. The number of ether oxygens (including phenoxy) is 2. The summed E-state index contributed by atoms with van der Waals surface area (Å²) in [7, 11) is 0. The minimum atomic E-state index is -1.55. The molecule has 1 saturated heterocycles. The van der Waals surface area contributed by atoms with Gasteiger partial charge in [-0.2, -0.15) is 0 Å². The molecule has 5 rings (SSSR count). The van der Waals surface area contributed by atoms with E-state index < -0.39 is 42.6 Å². The van der Waals surface area contributed by atoms with E-state index in [4.69, 9.17) is 9.47 Å². The van der Waals surface area contributed by atoms with E-state index in [9.17, 15) is 30.0 Å². The Morgan fingerprint density at radius 3 is 2.35 bits per heavy atom. The van der Waals surface area contributed by atoms with Crippen LogP contribution in [-0.2, 0) is 19.1 Å². The molecule has 11 unspecified atom stereocenters. The third-order valence-electron chi connectivity index (χ3n) is 13.4. The monoisotopic (exact) mass is 602 g/mol. The van der Waals surface area contributed by atoms with Crippen molar-refractivity contribution in [1.82, 2.24) is 0 Å². The minimum absolute atomic E-state index is 0.0111. The van der Waals surface area contributed by atoms with E-state index in [2.05, 4.69) is 41.2 Å². The van der Waals surface area contributed by atoms with Crippen molar-refractivity contribution < 1.29 is 39.5 Å². The Morgan fingerprint density at radius 2 is 1.67 bits per heavy atom. The largest absolute Gasteiger partial charge is 0.433 e. The van der Waals surface area contributed by atoms with Crippen LogP contribution in [0, 0.1) is 39.4 Å². The molecule has 3 fully saturated rings. The summed E-state index contributed by atoms with van der Waals surface area (Å²) >= 11 is 0. The number of Topliss-reactive ketones (excluding diaryl/α,β-unsaturated/α-hetero) is 1. The van der Waals surface area contributed by atoms with Crippen LogP contribution in [0.4, 0.5) is 0 Å². The van der Waals surface area contributed by atoms with Crippen LogP contribution in [0.5, 0.6) is 0 Å². The first-order chi connectivity index (χ1) is 20.0. The van der Waals surface area contributed by atoms with Crippen LogP contribution in [0.2, 0.25) is 0 Å². The Bertz CT molecular complexity index is 1170. The zero-order chi connectivity index (χ0) is 31.7. The van der Waals surface area contributed by atoms with Gasteiger partial charge in [-0.1, -0.05) is 57.9 Å². The molecule has 0 amide bonds. The Labute approximate surface area is 256 Å². The number of ketones is 1. The highest BCUT2D eigenvalue weighted by Crippen LogP contribution is 2.72. The van der Waals surface area contributed by atoms with Crippen LogP contribution < -0.4 is 0 Å². The molecule has 2 saturated carbocycles. The van der Waals surface area contributed by atoms with Gasteiger partial charge in [0.15, 0.2) is 0 Å². The Hall–Kier alpha value is -1.58. The van der Waals surface area contributed by atoms with Crippen molar-refractivity contribution in [3.63, 3.8) is 0 Å². The summed E-state index contributed by atoms with van der Waals surface area (Å²) < 4.78 is 11.2. The lowest BCUT2D eigenvalue weighted by Gasteiger charge is -2.60. The Morgan fingerprint density at radius 1 is 0.977 bits per heavy atom. The molecule has 0 aromatic heterocycles. The van der Waals surface area contributed by atoms with Gasteiger partial charge in [-0.15, -0.1) is 0 Å². The zero-order valence-corrected chi connectivity index (χ0v) is 27.0. The van der Waals surface area contributed by atoms with Crippen molar-refractivity contribution in [2.45, 2.75) is 136 Å². The maximum atomic E-state index is 14.0. The first-order valence-corrected chi connectivity index (χ1v) is 16.4. The van der Waals surface area contributed by atoms with Crippen molar-refractivity contribution in [2.24, 2.45) is 39.4 Å². The number of fused-ring (bicyclic) bond motifs is 4. The number of hydrogen-bond acceptors (Lipinski definition) is 8. The lowest BCUT2D eigenvalue weighted by molar-refractivity contribution is -0.265. The average Bonchev–Trinajstić information content (AvgIpc) is 3.22. The lowest BCUT2D eigenvalue weighted by atomic mass is 9.43. The number of hydrogen-bond donors (Lipinski definition) is 4. The zero-order valence-electron chi connectivity index (χ0n) is 27.0. The molecule has 1 heterocycles. The van der Waals surface area contributed by atoms with Gasteiger partial charge in [0, 0.05) is 11.8 Å². The van der Waals surface area contributed by atoms with Crippen molar-refractivity contribution in [2.75, 3.05) is 6.61 Å². The van der Waals surface area contributed by atoms with Gasteiger partial charge in [0.2, 0.25) is 6.29 Å². The summed E-state index contributed by atoms with van der Waals surface area (Å²) in [5.74, 6) is -0.324. The second-order valence-corrected chi connectivity index (χ2v) is 15.7. The predicted octanol–water partition coefficient (Wildman–Crippen LogP) is 4.62. The number of carbonyl (C=O) groups excluding carboxylic acids is 2. The van der Waals surface area contributed by atoms with Crippen molar-refractivity contribution in [3.05, 3.63) is 23.3 Å². The van der Waals surface area contributed by atoms with Crippen LogP contribution in [0.3, 0.4) is 0 Å². The van der Waals surface area contributed by atoms with Crippen LogP contribution in [0.1, 0.15) is 106 Å². The molecule has 4 aliphatic carbocycles. The van der Waals surface area contributed by atoms with Gasteiger partial charge in [-0.05, 0) is 92.8 Å². The third-order valence-corrected chi connectivity index (χ3v) is 13.4. The lowest BCUT2D eigenvalue weighted by Crippen LogP contribution is -2.55. The van der Waals surface area contributed by atoms with E-state index in [1.807, 2.05) is 0 Å². The summed E-state index contributed by atoms with van der Waals surface area (Å²) in [5.41, 5.74) is 3.16. The third kappa shape index (κ3) is 5.08. The standard InChI is InChI=1S/C35H54O8/c1-19(2)24(36)10-8-20(30(41)43-31-29(40)28(39)25(37)18-42-31)21-12-16-35(7)23-9-11-26-32(3,4)27(38)14-15-33(26,5)22(23)13-17-34(21,35)6/h20-21,24-26,28-29,31,36-37,39-40H,1,8-18H2,2-7H3. The summed E-state index contributed by atoms with van der Waals surface area (Å²) in [4.78, 5) is 26.9. The van der Waals surface area contributed by atoms with Crippen LogP contribution in [-0.4, -0.2) is 69.5 Å². The molecule has 11 atom stereocenters. The molecule has 8 nitrogen and oxygen atoms in total. The van der Waals surface area contributed by atoms with Crippen molar-refractivity contribution in [1.29, 1.82) is 0 Å². The van der Waals surface area contributed by atoms with Crippen molar-refractivity contribution >= 4 is 11.8 Å². The molecule has 0 aromatic carbocycles. The Balaban J connectivity index is 1.45. The van der Waals surface area contributed by atoms with Gasteiger partial charge in [0.1, 0.15) is 24.1 Å². The van der Waals surface area contributed by atoms with E-state index >= 15 is 0 Å². The maximum absolute atomic E-state index is 14.0. The number of aliphatic hydroxyl groups excluding tert-OH is 4. The van der Waals surface area contributed by atoms with Gasteiger partial charge in [0.25, 0.3) is 0 Å². The first kappa shape index (κ1) is 32.8.